The highest BCUT2D eigenvalue weighted by atomic mass is 16.5. The third kappa shape index (κ3) is 5.03. The van der Waals surface area contributed by atoms with Gasteiger partial charge >= 0.3 is 12.1 Å². The van der Waals surface area contributed by atoms with Crippen LogP contribution in [0.1, 0.15) is 44.2 Å². The van der Waals surface area contributed by atoms with E-state index in [4.69, 9.17) is 14.6 Å². The second-order valence-corrected chi connectivity index (χ2v) is 9.88. The van der Waals surface area contributed by atoms with Crippen LogP contribution in [0.4, 0.5) is 4.79 Å². The highest BCUT2D eigenvalue weighted by Gasteiger charge is 2.48. The molecule has 2 aromatic rings. The van der Waals surface area contributed by atoms with Crippen molar-refractivity contribution in [3.05, 3.63) is 59.7 Å². The number of carbonyl (C=O) groups excluding carboxylic acids is 2. The molecule has 2 aliphatic rings. The highest BCUT2D eigenvalue weighted by Crippen LogP contribution is 2.44. The normalized spacial score (nSPS) is 21.8. The van der Waals surface area contributed by atoms with Crippen LogP contribution in [0, 0.1) is 11.3 Å². The third-order valence-corrected chi connectivity index (χ3v) is 7.13. The topological polar surface area (TPSA) is 114 Å². The van der Waals surface area contributed by atoms with Crippen LogP contribution in [0.5, 0.6) is 0 Å². The van der Waals surface area contributed by atoms with E-state index in [0.717, 1.165) is 22.3 Å². The SMILES string of the molecule is CC(C)C(CC(=O)O)NC(=O)C1(C)COCC1NC(=O)OCC1c2ccccc2-c2ccccc21. The van der Waals surface area contributed by atoms with Gasteiger partial charge in [-0.15, -0.1) is 0 Å². The van der Waals surface area contributed by atoms with Crippen molar-refractivity contribution in [3.8, 4) is 11.1 Å². The van der Waals surface area contributed by atoms with Gasteiger partial charge in [-0.1, -0.05) is 62.4 Å². The number of hydrogen-bond donors (Lipinski definition) is 3. The smallest absolute Gasteiger partial charge is 0.407 e. The minimum atomic E-state index is -1.04. The van der Waals surface area contributed by atoms with Crippen LogP contribution in [0.15, 0.2) is 48.5 Å². The quantitative estimate of drug-likeness (QED) is 0.533. The van der Waals surface area contributed by atoms with Crippen molar-refractivity contribution in [2.45, 2.75) is 45.2 Å². The number of ether oxygens (including phenoxy) is 2. The second kappa shape index (κ2) is 10.1. The molecule has 1 heterocycles. The molecule has 0 saturated carbocycles. The Kier molecular flexibility index (Phi) is 7.12. The van der Waals surface area contributed by atoms with Crippen molar-refractivity contribution in [2.75, 3.05) is 19.8 Å². The monoisotopic (exact) mass is 480 g/mol. The molecule has 3 atom stereocenters. The van der Waals surface area contributed by atoms with Gasteiger partial charge in [0.15, 0.2) is 0 Å². The molecule has 2 amide bonds. The number of alkyl carbamates (subject to hydrolysis) is 1. The summed E-state index contributed by atoms with van der Waals surface area (Å²) in [5, 5.41) is 14.8. The summed E-state index contributed by atoms with van der Waals surface area (Å²) in [5.41, 5.74) is 3.48. The zero-order valence-corrected chi connectivity index (χ0v) is 20.2. The van der Waals surface area contributed by atoms with Crippen LogP contribution >= 0.6 is 0 Å². The molecule has 1 aliphatic carbocycles. The van der Waals surface area contributed by atoms with Crippen LogP contribution in [-0.4, -0.2) is 55.0 Å². The van der Waals surface area contributed by atoms with Crippen LogP contribution in [0.25, 0.3) is 11.1 Å². The first-order valence-corrected chi connectivity index (χ1v) is 11.9. The minimum Gasteiger partial charge on any atom is -0.481 e. The third-order valence-electron chi connectivity index (χ3n) is 7.13. The van der Waals surface area contributed by atoms with Gasteiger partial charge in [0, 0.05) is 12.0 Å². The van der Waals surface area contributed by atoms with Gasteiger partial charge in [0.25, 0.3) is 0 Å². The fraction of sp³-hybridized carbons (Fsp3) is 0.444. The molecule has 3 unspecified atom stereocenters. The molecule has 0 bridgehead atoms. The van der Waals surface area contributed by atoms with E-state index in [-0.39, 0.29) is 44.0 Å². The summed E-state index contributed by atoms with van der Waals surface area (Å²) in [7, 11) is 0. The highest BCUT2D eigenvalue weighted by molar-refractivity contribution is 5.85. The Morgan fingerprint density at radius 3 is 2.26 bits per heavy atom. The number of rotatable bonds is 8. The Balaban J connectivity index is 1.40. The average Bonchev–Trinajstić information content (AvgIpc) is 3.35. The largest absolute Gasteiger partial charge is 0.481 e. The molecular weight excluding hydrogens is 448 g/mol. The summed E-state index contributed by atoms with van der Waals surface area (Å²) >= 11 is 0. The minimum absolute atomic E-state index is 0.0606. The number of carboxylic acids is 1. The molecule has 2 aromatic carbocycles. The molecule has 35 heavy (non-hydrogen) atoms. The van der Waals surface area contributed by atoms with Gasteiger partial charge in [0.2, 0.25) is 5.91 Å². The molecule has 1 fully saturated rings. The van der Waals surface area contributed by atoms with Gasteiger partial charge in [-0.2, -0.15) is 0 Å². The van der Waals surface area contributed by atoms with Crippen LogP contribution in [0.2, 0.25) is 0 Å². The lowest BCUT2D eigenvalue weighted by atomic mass is 9.83. The van der Waals surface area contributed by atoms with Crippen molar-refractivity contribution in [1.82, 2.24) is 10.6 Å². The first-order valence-electron chi connectivity index (χ1n) is 11.9. The Hall–Kier alpha value is -3.39. The van der Waals surface area contributed by atoms with Crippen molar-refractivity contribution >= 4 is 18.0 Å². The Morgan fingerprint density at radius 1 is 1.09 bits per heavy atom. The molecule has 1 saturated heterocycles. The maximum Gasteiger partial charge on any atom is 0.407 e. The lowest BCUT2D eigenvalue weighted by Gasteiger charge is -2.31. The van der Waals surface area contributed by atoms with Crippen LogP contribution in [0.3, 0.4) is 0 Å². The first kappa shape index (κ1) is 24.7. The molecule has 0 aromatic heterocycles. The summed E-state index contributed by atoms with van der Waals surface area (Å²) in [4.78, 5) is 37.1. The number of carboxylic acid groups (broad SMARTS) is 1. The second-order valence-electron chi connectivity index (χ2n) is 9.88. The summed E-state index contributed by atoms with van der Waals surface area (Å²) in [6.07, 6.45) is -0.794. The number of carbonyl (C=O) groups is 3. The molecule has 1 aliphatic heterocycles. The standard InChI is InChI=1S/C27H32N2O6/c1-16(2)22(12-24(30)31)28-25(32)27(3)15-34-14-23(27)29-26(33)35-13-21-19-10-6-4-8-17(19)18-9-5-7-11-20(18)21/h4-11,16,21-23H,12-15H2,1-3H3,(H,28,32)(H,29,33)(H,30,31). The molecule has 8 heteroatoms. The van der Waals surface area contributed by atoms with E-state index in [9.17, 15) is 14.4 Å². The molecule has 8 nitrogen and oxygen atoms in total. The van der Waals surface area contributed by atoms with E-state index in [1.807, 2.05) is 38.1 Å². The average molecular weight is 481 g/mol. The number of benzene rings is 2. The predicted molar refractivity (Wildman–Crippen MR) is 130 cm³/mol. The summed E-state index contributed by atoms with van der Waals surface area (Å²) in [5.74, 6) is -1.45. The number of aliphatic carboxylic acids is 1. The maximum absolute atomic E-state index is 13.1. The summed E-state index contributed by atoms with van der Waals surface area (Å²) in [6.45, 7) is 5.87. The molecule has 3 N–H and O–H groups in total. The summed E-state index contributed by atoms with van der Waals surface area (Å²) < 4.78 is 11.2. The maximum atomic E-state index is 13.1. The van der Waals surface area contributed by atoms with Crippen molar-refractivity contribution in [3.63, 3.8) is 0 Å². The van der Waals surface area contributed by atoms with Gasteiger partial charge < -0.3 is 25.2 Å². The number of fused-ring (bicyclic) bond motifs is 3. The van der Waals surface area contributed by atoms with Gasteiger partial charge in [0.1, 0.15) is 6.61 Å². The van der Waals surface area contributed by atoms with E-state index in [1.165, 1.54) is 0 Å². The van der Waals surface area contributed by atoms with Crippen molar-refractivity contribution in [2.24, 2.45) is 11.3 Å². The van der Waals surface area contributed by atoms with E-state index >= 15 is 0 Å². The molecule has 0 radical (unpaired) electrons. The zero-order chi connectivity index (χ0) is 25.2. The fourth-order valence-electron chi connectivity index (χ4n) is 4.86. The molecule has 0 spiro atoms. The fourth-order valence-corrected chi connectivity index (χ4v) is 4.86. The number of hydrogen-bond acceptors (Lipinski definition) is 5. The van der Waals surface area contributed by atoms with Gasteiger partial charge in [-0.3, -0.25) is 9.59 Å². The lowest BCUT2D eigenvalue weighted by molar-refractivity contribution is -0.138. The van der Waals surface area contributed by atoms with Crippen LogP contribution < -0.4 is 10.6 Å². The predicted octanol–water partition coefficient (Wildman–Crippen LogP) is 3.55. The van der Waals surface area contributed by atoms with Crippen LogP contribution in [-0.2, 0) is 19.1 Å². The molecule has 186 valence electrons. The summed E-state index contributed by atoms with van der Waals surface area (Å²) in [6, 6.07) is 15.1. The lowest BCUT2D eigenvalue weighted by Crippen LogP contribution is -2.56. The number of nitrogens with one attached hydrogen (secondary N) is 2. The van der Waals surface area contributed by atoms with Gasteiger partial charge in [-0.25, -0.2) is 4.79 Å². The Morgan fingerprint density at radius 2 is 1.69 bits per heavy atom. The van der Waals surface area contributed by atoms with Crippen molar-refractivity contribution in [1.29, 1.82) is 0 Å². The van der Waals surface area contributed by atoms with Crippen molar-refractivity contribution < 1.29 is 29.0 Å². The first-order chi connectivity index (χ1) is 16.7. The Labute approximate surface area is 205 Å². The van der Waals surface area contributed by atoms with Gasteiger partial charge in [0.05, 0.1) is 31.1 Å². The van der Waals surface area contributed by atoms with E-state index < -0.39 is 29.6 Å². The molecular formula is C27H32N2O6. The zero-order valence-electron chi connectivity index (χ0n) is 20.2. The molecule has 4 rings (SSSR count). The Bertz CT molecular complexity index is 1070. The number of amides is 2. The van der Waals surface area contributed by atoms with E-state index in [2.05, 4.69) is 34.9 Å². The van der Waals surface area contributed by atoms with Gasteiger partial charge in [-0.05, 0) is 35.1 Å². The van der Waals surface area contributed by atoms with E-state index in [0.29, 0.717) is 0 Å². The van der Waals surface area contributed by atoms with E-state index in [1.54, 1.807) is 6.92 Å².